The molecule has 3 atom stereocenters. The number of piperidine rings is 1. The third kappa shape index (κ3) is 4.45. The van der Waals surface area contributed by atoms with Crippen LogP contribution < -0.4 is 10.1 Å². The number of benzene rings is 1. The third-order valence-corrected chi connectivity index (χ3v) is 4.82. The monoisotopic (exact) mass is 290 g/mol. The van der Waals surface area contributed by atoms with Crippen LogP contribution in [-0.4, -0.2) is 37.7 Å². The fraction of sp³-hybridized carbons (Fsp3) is 0.667. The summed E-state index contributed by atoms with van der Waals surface area (Å²) < 4.78 is 5.22. The minimum absolute atomic E-state index is 0.378. The van der Waals surface area contributed by atoms with E-state index in [0.717, 1.165) is 11.7 Å². The molecule has 3 nitrogen and oxygen atoms in total. The lowest BCUT2D eigenvalue weighted by molar-refractivity contribution is 0.153. The zero-order valence-corrected chi connectivity index (χ0v) is 13.9. The van der Waals surface area contributed by atoms with Crippen LogP contribution in [-0.2, 0) is 0 Å². The fourth-order valence-electron chi connectivity index (χ4n) is 3.31. The number of ether oxygens (including phenoxy) is 1. The van der Waals surface area contributed by atoms with Crippen molar-refractivity contribution in [2.75, 3.05) is 26.7 Å². The first-order chi connectivity index (χ1) is 10.1. The summed E-state index contributed by atoms with van der Waals surface area (Å²) in [5.74, 6) is 1.68. The Labute approximate surface area is 129 Å². The van der Waals surface area contributed by atoms with Crippen LogP contribution in [0.25, 0.3) is 0 Å². The van der Waals surface area contributed by atoms with Crippen LogP contribution >= 0.6 is 0 Å². The third-order valence-electron chi connectivity index (χ3n) is 4.82. The molecule has 0 aromatic heterocycles. The maximum Gasteiger partial charge on any atom is 0.118 e. The van der Waals surface area contributed by atoms with Gasteiger partial charge in [-0.25, -0.2) is 0 Å². The summed E-state index contributed by atoms with van der Waals surface area (Å²) in [7, 11) is 1.71. The van der Waals surface area contributed by atoms with Gasteiger partial charge < -0.3 is 15.0 Å². The topological polar surface area (TPSA) is 24.5 Å². The van der Waals surface area contributed by atoms with Crippen molar-refractivity contribution in [3.05, 3.63) is 29.8 Å². The van der Waals surface area contributed by atoms with Gasteiger partial charge in [-0.2, -0.15) is 0 Å². The van der Waals surface area contributed by atoms with Gasteiger partial charge in [0, 0.05) is 18.6 Å². The lowest BCUT2D eigenvalue weighted by Crippen LogP contribution is -2.44. The first kappa shape index (κ1) is 16.3. The van der Waals surface area contributed by atoms with Gasteiger partial charge >= 0.3 is 0 Å². The highest BCUT2D eigenvalue weighted by Crippen LogP contribution is 2.23. The molecule has 0 bridgehead atoms. The van der Waals surface area contributed by atoms with Gasteiger partial charge in [-0.3, -0.25) is 0 Å². The van der Waals surface area contributed by atoms with E-state index in [1.807, 2.05) is 12.1 Å². The quantitative estimate of drug-likeness (QED) is 0.868. The second-order valence-electron chi connectivity index (χ2n) is 6.25. The van der Waals surface area contributed by atoms with E-state index in [1.54, 1.807) is 7.11 Å². The molecule has 0 radical (unpaired) electrons. The van der Waals surface area contributed by atoms with Crippen molar-refractivity contribution < 1.29 is 4.74 Å². The van der Waals surface area contributed by atoms with E-state index in [-0.39, 0.29) is 0 Å². The largest absolute Gasteiger partial charge is 0.497 e. The minimum Gasteiger partial charge on any atom is -0.497 e. The van der Waals surface area contributed by atoms with Gasteiger partial charge in [-0.15, -0.1) is 0 Å². The summed E-state index contributed by atoms with van der Waals surface area (Å²) >= 11 is 0. The molecule has 1 aromatic rings. The highest BCUT2D eigenvalue weighted by Gasteiger charge is 2.24. The van der Waals surface area contributed by atoms with Crippen LogP contribution in [0, 0.1) is 5.92 Å². The number of methoxy groups -OCH3 is 1. The summed E-state index contributed by atoms with van der Waals surface area (Å²) in [4.78, 5) is 2.57. The Morgan fingerprint density at radius 2 is 2.00 bits per heavy atom. The zero-order chi connectivity index (χ0) is 15.2. The van der Waals surface area contributed by atoms with Gasteiger partial charge in [0.25, 0.3) is 0 Å². The van der Waals surface area contributed by atoms with Gasteiger partial charge in [-0.05, 0) is 63.4 Å². The Kier molecular flexibility index (Phi) is 6.07. The van der Waals surface area contributed by atoms with Crippen molar-refractivity contribution in [2.24, 2.45) is 5.92 Å². The van der Waals surface area contributed by atoms with Crippen molar-refractivity contribution in [3.8, 4) is 5.75 Å². The molecule has 118 valence electrons. The van der Waals surface area contributed by atoms with Gasteiger partial charge in [0.15, 0.2) is 0 Å². The fourth-order valence-corrected chi connectivity index (χ4v) is 3.31. The lowest BCUT2D eigenvalue weighted by atomic mass is 9.90. The standard InChI is InChI=1S/C18H30N2O/c1-5-20-12-6-7-17(13-20)15(3)19-14(2)16-8-10-18(21-4)11-9-16/h8-11,14-15,17,19H,5-7,12-13H2,1-4H3. The molecule has 1 saturated heterocycles. The van der Waals surface area contributed by atoms with Crippen LogP contribution in [0.15, 0.2) is 24.3 Å². The number of rotatable bonds is 6. The Morgan fingerprint density at radius 3 is 2.62 bits per heavy atom. The Bertz CT molecular complexity index is 418. The zero-order valence-electron chi connectivity index (χ0n) is 13.9. The number of hydrogen-bond acceptors (Lipinski definition) is 3. The van der Waals surface area contributed by atoms with Crippen LogP contribution in [0.5, 0.6) is 5.75 Å². The minimum atomic E-state index is 0.378. The van der Waals surface area contributed by atoms with E-state index in [2.05, 4.69) is 43.1 Å². The van der Waals surface area contributed by atoms with E-state index in [0.29, 0.717) is 12.1 Å². The molecule has 1 aromatic carbocycles. The molecule has 1 heterocycles. The number of nitrogens with one attached hydrogen (secondary N) is 1. The van der Waals surface area contributed by atoms with Crippen LogP contribution in [0.2, 0.25) is 0 Å². The van der Waals surface area contributed by atoms with E-state index in [1.165, 1.54) is 38.0 Å². The molecule has 1 aliphatic rings. The number of hydrogen-bond donors (Lipinski definition) is 1. The highest BCUT2D eigenvalue weighted by atomic mass is 16.5. The first-order valence-electron chi connectivity index (χ1n) is 8.26. The number of nitrogens with zero attached hydrogens (tertiary/aromatic N) is 1. The summed E-state index contributed by atoms with van der Waals surface area (Å²) in [6, 6.07) is 9.32. The summed E-state index contributed by atoms with van der Waals surface area (Å²) in [6.45, 7) is 10.5. The average molecular weight is 290 g/mol. The van der Waals surface area contributed by atoms with Crippen molar-refractivity contribution in [3.63, 3.8) is 0 Å². The maximum atomic E-state index is 5.22. The second kappa shape index (κ2) is 7.81. The van der Waals surface area contributed by atoms with Gasteiger partial charge in [0.05, 0.1) is 7.11 Å². The molecule has 0 saturated carbocycles. The van der Waals surface area contributed by atoms with Crippen LogP contribution in [0.4, 0.5) is 0 Å². The smallest absolute Gasteiger partial charge is 0.118 e. The molecule has 0 amide bonds. The Morgan fingerprint density at radius 1 is 1.29 bits per heavy atom. The Hall–Kier alpha value is -1.06. The number of likely N-dealkylation sites (tertiary alicyclic amines) is 1. The molecular formula is C18H30N2O. The maximum absolute atomic E-state index is 5.22. The lowest BCUT2D eigenvalue weighted by Gasteiger charge is -2.36. The molecule has 3 unspecified atom stereocenters. The highest BCUT2D eigenvalue weighted by molar-refractivity contribution is 5.28. The van der Waals surface area contributed by atoms with Gasteiger partial charge in [0.2, 0.25) is 0 Å². The SMILES string of the molecule is CCN1CCCC(C(C)NC(C)c2ccc(OC)cc2)C1. The van der Waals surface area contributed by atoms with E-state index in [9.17, 15) is 0 Å². The summed E-state index contributed by atoms with van der Waals surface area (Å²) in [5.41, 5.74) is 1.32. The molecule has 21 heavy (non-hydrogen) atoms. The van der Waals surface area contributed by atoms with Gasteiger partial charge in [-0.1, -0.05) is 19.1 Å². The molecule has 1 aliphatic heterocycles. The summed E-state index contributed by atoms with van der Waals surface area (Å²) in [5, 5.41) is 3.78. The second-order valence-corrected chi connectivity index (χ2v) is 6.25. The Balaban J connectivity index is 1.89. The predicted octanol–water partition coefficient (Wildman–Crippen LogP) is 3.47. The average Bonchev–Trinajstić information content (AvgIpc) is 2.54. The molecule has 1 N–H and O–H groups in total. The predicted molar refractivity (Wildman–Crippen MR) is 88.8 cm³/mol. The van der Waals surface area contributed by atoms with E-state index in [4.69, 9.17) is 4.74 Å². The first-order valence-corrected chi connectivity index (χ1v) is 8.26. The molecule has 0 spiro atoms. The van der Waals surface area contributed by atoms with Crippen LogP contribution in [0.3, 0.4) is 0 Å². The summed E-state index contributed by atoms with van der Waals surface area (Å²) in [6.07, 6.45) is 2.68. The van der Waals surface area contributed by atoms with E-state index < -0.39 is 0 Å². The van der Waals surface area contributed by atoms with Crippen molar-refractivity contribution >= 4 is 0 Å². The molecule has 1 fully saturated rings. The van der Waals surface area contributed by atoms with Crippen molar-refractivity contribution in [2.45, 2.75) is 45.7 Å². The van der Waals surface area contributed by atoms with E-state index >= 15 is 0 Å². The normalized spacial score (nSPS) is 22.8. The van der Waals surface area contributed by atoms with Crippen molar-refractivity contribution in [1.29, 1.82) is 0 Å². The van der Waals surface area contributed by atoms with Crippen molar-refractivity contribution in [1.82, 2.24) is 10.2 Å². The van der Waals surface area contributed by atoms with Crippen LogP contribution in [0.1, 0.15) is 45.2 Å². The van der Waals surface area contributed by atoms with Gasteiger partial charge in [0.1, 0.15) is 5.75 Å². The molecule has 2 rings (SSSR count). The molecular weight excluding hydrogens is 260 g/mol. The molecule has 3 heteroatoms. The molecule has 0 aliphatic carbocycles.